The summed E-state index contributed by atoms with van der Waals surface area (Å²) in [7, 11) is 0. The number of imide groups is 1. The van der Waals surface area contributed by atoms with Gasteiger partial charge < -0.3 is 10.1 Å². The molecule has 7 nitrogen and oxygen atoms in total. The van der Waals surface area contributed by atoms with Crippen LogP contribution in [0.15, 0.2) is 54.6 Å². The molecule has 0 saturated heterocycles. The maximum absolute atomic E-state index is 13.9. The van der Waals surface area contributed by atoms with Crippen LogP contribution in [-0.4, -0.2) is 41.2 Å². The fourth-order valence-electron chi connectivity index (χ4n) is 5.23. The normalized spacial score (nSPS) is 17.2. The van der Waals surface area contributed by atoms with Crippen LogP contribution in [0.25, 0.3) is 0 Å². The number of benzene rings is 2. The van der Waals surface area contributed by atoms with E-state index in [1.807, 2.05) is 30.3 Å². The number of nitrogens with one attached hydrogen (secondary N) is 1. The highest BCUT2D eigenvalue weighted by Gasteiger charge is 2.43. The third-order valence-corrected chi connectivity index (χ3v) is 8.16. The van der Waals surface area contributed by atoms with Crippen molar-refractivity contribution in [3.8, 4) is 0 Å². The van der Waals surface area contributed by atoms with Gasteiger partial charge in [-0.2, -0.15) is 0 Å². The number of rotatable bonds is 7. The number of nitrogens with zero attached hydrogens (tertiary/aromatic N) is 1. The molecular weight excluding hydrogens is 488 g/mol. The SMILES string of the molecule is CCOC(=O)c1c(NC(=O)C(Cc2ccccc2)N2C(=O)c3ccccc3C2=O)sc2c1C(C)CCC2. The Kier molecular flexibility index (Phi) is 6.93. The number of esters is 1. The van der Waals surface area contributed by atoms with Crippen molar-refractivity contribution >= 4 is 40.0 Å². The summed E-state index contributed by atoms with van der Waals surface area (Å²) in [6, 6.07) is 14.8. The largest absolute Gasteiger partial charge is 0.462 e. The predicted molar refractivity (Wildman–Crippen MR) is 141 cm³/mol. The molecule has 190 valence electrons. The Balaban J connectivity index is 1.53. The van der Waals surface area contributed by atoms with Gasteiger partial charge in [0.05, 0.1) is 23.3 Å². The molecular formula is C29H28N2O5S. The first-order valence-corrected chi connectivity index (χ1v) is 13.4. The van der Waals surface area contributed by atoms with Crippen molar-refractivity contribution < 1.29 is 23.9 Å². The van der Waals surface area contributed by atoms with Gasteiger partial charge >= 0.3 is 5.97 Å². The van der Waals surface area contributed by atoms with Crippen molar-refractivity contribution in [3.05, 3.63) is 87.3 Å². The van der Waals surface area contributed by atoms with Gasteiger partial charge in [-0.25, -0.2) is 4.79 Å². The Morgan fingerprint density at radius 3 is 2.35 bits per heavy atom. The maximum atomic E-state index is 13.9. The fourth-order valence-corrected chi connectivity index (χ4v) is 6.58. The Hall–Kier alpha value is -3.78. The molecule has 2 aromatic carbocycles. The van der Waals surface area contributed by atoms with E-state index in [1.165, 1.54) is 11.3 Å². The molecule has 2 unspecified atom stereocenters. The number of carbonyl (C=O) groups is 4. The van der Waals surface area contributed by atoms with Crippen LogP contribution in [0.4, 0.5) is 5.00 Å². The van der Waals surface area contributed by atoms with E-state index in [9.17, 15) is 19.2 Å². The number of ether oxygens (including phenoxy) is 1. The molecule has 0 fully saturated rings. The van der Waals surface area contributed by atoms with Gasteiger partial charge in [-0.1, -0.05) is 49.4 Å². The summed E-state index contributed by atoms with van der Waals surface area (Å²) in [6.45, 7) is 4.05. The third-order valence-electron chi connectivity index (χ3n) is 6.98. The van der Waals surface area contributed by atoms with E-state index in [0.717, 1.165) is 40.2 Å². The van der Waals surface area contributed by atoms with Gasteiger partial charge in [-0.3, -0.25) is 19.3 Å². The first kappa shape index (κ1) is 24.9. The molecule has 1 N–H and O–H groups in total. The second-order valence-corrected chi connectivity index (χ2v) is 10.5. The van der Waals surface area contributed by atoms with Crippen molar-refractivity contribution in [1.82, 2.24) is 4.90 Å². The maximum Gasteiger partial charge on any atom is 0.341 e. The lowest BCUT2D eigenvalue weighted by atomic mass is 9.86. The second-order valence-electron chi connectivity index (χ2n) is 9.38. The highest BCUT2D eigenvalue weighted by molar-refractivity contribution is 7.17. The molecule has 2 heterocycles. The van der Waals surface area contributed by atoms with E-state index < -0.39 is 29.7 Å². The van der Waals surface area contributed by atoms with Crippen LogP contribution in [0.3, 0.4) is 0 Å². The van der Waals surface area contributed by atoms with Crippen LogP contribution in [0.5, 0.6) is 0 Å². The summed E-state index contributed by atoms with van der Waals surface area (Å²) in [5.74, 6) is -1.82. The zero-order valence-corrected chi connectivity index (χ0v) is 21.6. The Morgan fingerprint density at radius 2 is 1.70 bits per heavy atom. The summed E-state index contributed by atoms with van der Waals surface area (Å²) >= 11 is 1.38. The molecule has 0 radical (unpaired) electrons. The topological polar surface area (TPSA) is 92.8 Å². The van der Waals surface area contributed by atoms with Crippen LogP contribution in [0, 0.1) is 0 Å². The average Bonchev–Trinajstić information content (AvgIpc) is 3.39. The van der Waals surface area contributed by atoms with Crippen molar-refractivity contribution in [2.24, 2.45) is 0 Å². The van der Waals surface area contributed by atoms with E-state index in [0.29, 0.717) is 10.6 Å². The standard InChI is InChI=1S/C29H28N2O5S/c1-3-36-29(35)24-23-17(2)10-9-15-22(23)37-26(24)30-25(32)21(16-18-11-5-4-6-12-18)31-27(33)19-13-7-8-14-20(19)28(31)34/h4-8,11-14,17,21H,3,9-10,15-16H2,1-2H3,(H,30,32). The molecule has 1 aliphatic carbocycles. The van der Waals surface area contributed by atoms with E-state index in [-0.39, 0.29) is 30.1 Å². The minimum Gasteiger partial charge on any atom is -0.462 e. The van der Waals surface area contributed by atoms with Gasteiger partial charge in [-0.05, 0) is 55.4 Å². The number of fused-ring (bicyclic) bond motifs is 2. The van der Waals surface area contributed by atoms with Crippen molar-refractivity contribution in [2.45, 2.75) is 51.5 Å². The summed E-state index contributed by atoms with van der Waals surface area (Å²) in [4.78, 5) is 55.6. The molecule has 2 atom stereocenters. The smallest absolute Gasteiger partial charge is 0.341 e. The molecule has 5 rings (SSSR count). The summed E-state index contributed by atoms with van der Waals surface area (Å²) in [5, 5.41) is 3.34. The van der Waals surface area contributed by atoms with Crippen LogP contribution in [-0.2, 0) is 22.4 Å². The lowest BCUT2D eigenvalue weighted by Gasteiger charge is -2.25. The van der Waals surface area contributed by atoms with Crippen molar-refractivity contribution in [2.75, 3.05) is 11.9 Å². The van der Waals surface area contributed by atoms with E-state index in [1.54, 1.807) is 31.2 Å². The molecule has 37 heavy (non-hydrogen) atoms. The number of anilines is 1. The van der Waals surface area contributed by atoms with Gasteiger partial charge in [0, 0.05) is 11.3 Å². The van der Waals surface area contributed by atoms with Crippen LogP contribution in [0.2, 0.25) is 0 Å². The molecule has 3 amide bonds. The minimum absolute atomic E-state index is 0.147. The molecule has 1 aliphatic heterocycles. The number of amides is 3. The van der Waals surface area contributed by atoms with Crippen molar-refractivity contribution in [1.29, 1.82) is 0 Å². The first-order valence-electron chi connectivity index (χ1n) is 12.5. The van der Waals surface area contributed by atoms with Crippen molar-refractivity contribution in [3.63, 3.8) is 0 Å². The Morgan fingerprint density at radius 1 is 1.05 bits per heavy atom. The molecule has 8 heteroatoms. The lowest BCUT2D eigenvalue weighted by Crippen LogP contribution is -2.48. The summed E-state index contributed by atoms with van der Waals surface area (Å²) in [6.07, 6.45) is 2.94. The summed E-state index contributed by atoms with van der Waals surface area (Å²) in [5.41, 5.74) is 2.70. The number of hydrogen-bond acceptors (Lipinski definition) is 6. The molecule has 1 aromatic heterocycles. The monoisotopic (exact) mass is 516 g/mol. The van der Waals surface area contributed by atoms with Gasteiger partial charge in [0.2, 0.25) is 5.91 Å². The van der Waals surface area contributed by atoms with Gasteiger partial charge in [0.1, 0.15) is 11.0 Å². The highest BCUT2D eigenvalue weighted by Crippen LogP contribution is 2.44. The zero-order chi connectivity index (χ0) is 26.1. The first-order chi connectivity index (χ1) is 17.9. The van der Waals surface area contributed by atoms with E-state index in [4.69, 9.17) is 4.74 Å². The predicted octanol–water partition coefficient (Wildman–Crippen LogP) is 5.21. The van der Waals surface area contributed by atoms with Crippen LogP contribution < -0.4 is 5.32 Å². The Labute approximate surface area is 219 Å². The summed E-state index contributed by atoms with van der Waals surface area (Å²) < 4.78 is 5.35. The van der Waals surface area contributed by atoms with Crippen LogP contribution in [0.1, 0.15) is 79.7 Å². The number of carbonyl (C=O) groups excluding carboxylic acids is 4. The number of aryl methyl sites for hydroxylation is 1. The van der Waals surface area contributed by atoms with Gasteiger partial charge in [0.15, 0.2) is 0 Å². The Bertz CT molecular complexity index is 1350. The number of hydrogen-bond donors (Lipinski definition) is 1. The fraction of sp³-hybridized carbons (Fsp3) is 0.310. The minimum atomic E-state index is -1.10. The third kappa shape index (κ3) is 4.57. The molecule has 3 aromatic rings. The van der Waals surface area contributed by atoms with Gasteiger partial charge in [0.25, 0.3) is 11.8 Å². The van der Waals surface area contributed by atoms with E-state index >= 15 is 0 Å². The zero-order valence-electron chi connectivity index (χ0n) is 20.8. The van der Waals surface area contributed by atoms with Crippen LogP contribution >= 0.6 is 11.3 Å². The molecule has 0 spiro atoms. The molecule has 2 aliphatic rings. The highest BCUT2D eigenvalue weighted by atomic mass is 32.1. The molecule has 0 saturated carbocycles. The average molecular weight is 517 g/mol. The second kappa shape index (κ2) is 10.3. The number of thiophene rings is 1. The lowest BCUT2D eigenvalue weighted by molar-refractivity contribution is -0.119. The quantitative estimate of drug-likeness (QED) is 0.344. The van der Waals surface area contributed by atoms with E-state index in [2.05, 4.69) is 12.2 Å². The molecule has 0 bridgehead atoms. The van der Waals surface area contributed by atoms with Gasteiger partial charge in [-0.15, -0.1) is 11.3 Å².